The fourth-order valence-corrected chi connectivity index (χ4v) is 1.81. The third-order valence-electron chi connectivity index (χ3n) is 2.60. The first-order valence-corrected chi connectivity index (χ1v) is 6.37. The quantitative estimate of drug-likeness (QED) is 0.651. The molecule has 0 aliphatic heterocycles. The molecule has 0 saturated heterocycles. The normalized spacial score (nSPS) is 11.1. The van der Waals surface area contributed by atoms with Gasteiger partial charge in [-0.2, -0.15) is 13.2 Å². The first kappa shape index (κ1) is 16.0. The molecule has 8 heteroatoms. The number of anilines is 1. The minimum atomic E-state index is -4.62. The van der Waals surface area contributed by atoms with Crippen molar-refractivity contribution in [3.05, 3.63) is 53.8 Å². The highest BCUT2D eigenvalue weighted by atomic mass is 32.1. The molecule has 22 heavy (non-hydrogen) atoms. The van der Waals surface area contributed by atoms with E-state index in [2.05, 4.69) is 17.5 Å². The number of nitrogens with one attached hydrogen (secondary N) is 1. The zero-order valence-electron chi connectivity index (χ0n) is 10.9. The van der Waals surface area contributed by atoms with Crippen molar-refractivity contribution in [3.8, 4) is 11.5 Å². The average Bonchev–Trinajstić information content (AvgIpc) is 2.41. The summed E-state index contributed by atoms with van der Waals surface area (Å²) < 4.78 is 57.2. The van der Waals surface area contributed by atoms with Crippen LogP contribution >= 0.6 is 12.2 Å². The molecule has 0 spiro atoms. The van der Waals surface area contributed by atoms with Crippen molar-refractivity contribution in [3.63, 3.8) is 0 Å². The summed E-state index contributed by atoms with van der Waals surface area (Å²) in [6.45, 7) is 0. The molecule has 3 nitrogen and oxygen atoms in total. The molecule has 116 valence electrons. The van der Waals surface area contributed by atoms with Gasteiger partial charge in [0.05, 0.1) is 11.3 Å². The fraction of sp³-hybridized carbons (Fsp3) is 0.0714. The van der Waals surface area contributed by atoms with E-state index in [1.807, 2.05) is 0 Å². The van der Waals surface area contributed by atoms with E-state index in [0.29, 0.717) is 0 Å². The van der Waals surface area contributed by atoms with Gasteiger partial charge in [-0.05, 0) is 54.7 Å². The number of nitrogens with two attached hydrogens (primary N) is 1. The summed E-state index contributed by atoms with van der Waals surface area (Å²) in [6.07, 6.45) is -4.62. The summed E-state index contributed by atoms with van der Waals surface area (Å²) in [7, 11) is 0. The number of halogens is 4. The van der Waals surface area contributed by atoms with Crippen LogP contribution in [0.25, 0.3) is 0 Å². The van der Waals surface area contributed by atoms with Crippen LogP contribution in [0.5, 0.6) is 11.5 Å². The second kappa shape index (κ2) is 6.18. The molecule has 0 aliphatic rings. The summed E-state index contributed by atoms with van der Waals surface area (Å²) in [6, 6.07) is 8.18. The van der Waals surface area contributed by atoms with Crippen molar-refractivity contribution in [2.24, 2.45) is 5.73 Å². The van der Waals surface area contributed by atoms with Gasteiger partial charge in [-0.1, -0.05) is 0 Å². The zero-order chi connectivity index (χ0) is 16.3. The van der Waals surface area contributed by atoms with Crippen molar-refractivity contribution < 1.29 is 22.3 Å². The average molecular weight is 330 g/mol. The number of thiocarbonyl (C=S) groups is 1. The Hall–Kier alpha value is -2.35. The molecule has 0 radical (unpaired) electrons. The molecule has 2 aromatic carbocycles. The van der Waals surface area contributed by atoms with Crippen LogP contribution in [0.4, 0.5) is 23.2 Å². The van der Waals surface area contributed by atoms with Crippen LogP contribution in [0.15, 0.2) is 42.5 Å². The van der Waals surface area contributed by atoms with E-state index in [1.165, 1.54) is 18.2 Å². The van der Waals surface area contributed by atoms with Crippen molar-refractivity contribution in [1.29, 1.82) is 0 Å². The molecule has 0 amide bonds. The highest BCUT2D eigenvalue weighted by Gasteiger charge is 2.34. The maximum atomic E-state index is 13.0. The molecule has 2 rings (SSSR count). The summed E-state index contributed by atoms with van der Waals surface area (Å²) >= 11 is 4.54. The first-order chi connectivity index (χ1) is 10.3. The SMILES string of the molecule is NC(=S)Nc1ccc(Oc2ccc(F)cc2)cc1C(F)(F)F. The van der Waals surface area contributed by atoms with Crippen LogP contribution in [0.1, 0.15) is 5.56 Å². The van der Waals surface area contributed by atoms with Gasteiger partial charge in [-0.25, -0.2) is 4.39 Å². The van der Waals surface area contributed by atoms with Gasteiger partial charge in [0.2, 0.25) is 0 Å². The van der Waals surface area contributed by atoms with Gasteiger partial charge >= 0.3 is 6.18 Å². The van der Waals surface area contributed by atoms with Crippen LogP contribution < -0.4 is 15.8 Å². The Morgan fingerprint density at radius 1 is 1.05 bits per heavy atom. The van der Waals surface area contributed by atoms with E-state index in [-0.39, 0.29) is 22.3 Å². The molecule has 0 unspecified atom stereocenters. The zero-order valence-corrected chi connectivity index (χ0v) is 11.8. The minimum Gasteiger partial charge on any atom is -0.457 e. The predicted octanol–water partition coefficient (Wildman–Crippen LogP) is 4.29. The molecule has 0 heterocycles. The maximum absolute atomic E-state index is 13.0. The predicted molar refractivity (Wildman–Crippen MR) is 78.3 cm³/mol. The molecule has 0 fully saturated rings. The van der Waals surface area contributed by atoms with Crippen molar-refractivity contribution in [1.82, 2.24) is 0 Å². The monoisotopic (exact) mass is 330 g/mol. The van der Waals surface area contributed by atoms with Gasteiger partial charge in [0, 0.05) is 0 Å². The lowest BCUT2D eigenvalue weighted by atomic mass is 10.1. The Balaban J connectivity index is 2.33. The highest BCUT2D eigenvalue weighted by molar-refractivity contribution is 7.80. The lowest BCUT2D eigenvalue weighted by Crippen LogP contribution is -2.21. The van der Waals surface area contributed by atoms with E-state index >= 15 is 0 Å². The smallest absolute Gasteiger partial charge is 0.418 e. The van der Waals surface area contributed by atoms with Crippen molar-refractivity contribution >= 4 is 23.0 Å². The van der Waals surface area contributed by atoms with Crippen LogP contribution in [-0.4, -0.2) is 5.11 Å². The Morgan fingerprint density at radius 3 is 2.18 bits per heavy atom. The molecule has 2 aromatic rings. The minimum absolute atomic E-state index is 0.0487. The summed E-state index contributed by atoms with van der Waals surface area (Å²) in [4.78, 5) is 0. The first-order valence-electron chi connectivity index (χ1n) is 5.97. The van der Waals surface area contributed by atoms with Gasteiger partial charge in [-0.3, -0.25) is 0 Å². The van der Waals surface area contributed by atoms with Crippen LogP contribution in [0.3, 0.4) is 0 Å². The van der Waals surface area contributed by atoms with Gasteiger partial charge < -0.3 is 15.8 Å². The van der Waals surface area contributed by atoms with E-state index in [0.717, 1.165) is 24.3 Å². The van der Waals surface area contributed by atoms with Crippen LogP contribution in [0, 0.1) is 5.82 Å². The van der Waals surface area contributed by atoms with Crippen molar-refractivity contribution in [2.75, 3.05) is 5.32 Å². The topological polar surface area (TPSA) is 47.3 Å². The summed E-state index contributed by atoms with van der Waals surface area (Å²) in [5.74, 6) is -0.309. The lowest BCUT2D eigenvalue weighted by molar-refractivity contribution is -0.137. The molecule has 0 aromatic heterocycles. The number of ether oxygens (including phenoxy) is 1. The highest BCUT2D eigenvalue weighted by Crippen LogP contribution is 2.38. The standard InChI is InChI=1S/C14H10F4N2OS/c15-8-1-3-9(4-2-8)21-10-5-6-12(20-13(19)22)11(7-10)14(16,17)18/h1-7H,(H3,19,20,22). The van der Waals surface area contributed by atoms with E-state index in [9.17, 15) is 17.6 Å². The maximum Gasteiger partial charge on any atom is 0.418 e. The molecule has 0 aliphatic carbocycles. The molecular formula is C14H10F4N2OS. The molecular weight excluding hydrogens is 320 g/mol. The second-order valence-corrected chi connectivity index (χ2v) is 4.69. The number of alkyl halides is 3. The Kier molecular flexibility index (Phi) is 4.51. The summed E-state index contributed by atoms with van der Waals surface area (Å²) in [5, 5.41) is 1.98. The van der Waals surface area contributed by atoms with Gasteiger partial charge in [0.15, 0.2) is 5.11 Å². The third-order valence-corrected chi connectivity index (χ3v) is 2.71. The second-order valence-electron chi connectivity index (χ2n) is 4.25. The van der Waals surface area contributed by atoms with E-state index in [4.69, 9.17) is 10.5 Å². The lowest BCUT2D eigenvalue weighted by Gasteiger charge is -2.15. The van der Waals surface area contributed by atoms with Gasteiger partial charge in [0.1, 0.15) is 17.3 Å². The molecule has 0 bridgehead atoms. The Bertz CT molecular complexity index is 686. The number of hydrogen-bond donors (Lipinski definition) is 2. The number of benzene rings is 2. The van der Waals surface area contributed by atoms with Gasteiger partial charge in [0.25, 0.3) is 0 Å². The fourth-order valence-electron chi connectivity index (χ4n) is 1.70. The summed E-state index contributed by atoms with van der Waals surface area (Å²) in [5.41, 5.74) is 3.95. The van der Waals surface area contributed by atoms with Crippen LogP contribution in [-0.2, 0) is 6.18 Å². The van der Waals surface area contributed by atoms with E-state index in [1.54, 1.807) is 0 Å². The largest absolute Gasteiger partial charge is 0.457 e. The van der Waals surface area contributed by atoms with Gasteiger partial charge in [-0.15, -0.1) is 0 Å². The number of rotatable bonds is 3. The molecule has 0 atom stereocenters. The Morgan fingerprint density at radius 2 is 1.64 bits per heavy atom. The van der Waals surface area contributed by atoms with Crippen LogP contribution in [0.2, 0.25) is 0 Å². The number of hydrogen-bond acceptors (Lipinski definition) is 2. The molecule has 0 saturated carbocycles. The molecule has 3 N–H and O–H groups in total. The Labute approximate surface area is 128 Å². The van der Waals surface area contributed by atoms with Crippen molar-refractivity contribution in [2.45, 2.75) is 6.18 Å². The third kappa shape index (κ3) is 4.08. The van der Waals surface area contributed by atoms with E-state index < -0.39 is 17.6 Å².